The second-order valence-corrected chi connectivity index (χ2v) is 5.23. The van der Waals surface area contributed by atoms with Crippen molar-refractivity contribution in [1.82, 2.24) is 5.16 Å². The molecule has 0 radical (unpaired) electrons. The van der Waals surface area contributed by atoms with E-state index in [9.17, 15) is 4.79 Å². The first kappa shape index (κ1) is 14.6. The predicted molar refractivity (Wildman–Crippen MR) is 78.2 cm³/mol. The molecule has 1 aliphatic heterocycles. The Morgan fingerprint density at radius 1 is 1.32 bits per heavy atom. The van der Waals surface area contributed by atoms with Gasteiger partial charge in [0.1, 0.15) is 5.75 Å². The third kappa shape index (κ3) is 2.82. The summed E-state index contributed by atoms with van der Waals surface area (Å²) in [5, 5.41) is 12.5. The van der Waals surface area contributed by atoms with Crippen LogP contribution in [0.15, 0.2) is 28.8 Å². The Labute approximate surface area is 127 Å². The largest absolute Gasteiger partial charge is 0.496 e. The van der Waals surface area contributed by atoms with Crippen LogP contribution in [0.1, 0.15) is 34.8 Å². The lowest BCUT2D eigenvalue weighted by Gasteiger charge is -2.23. The zero-order valence-corrected chi connectivity index (χ0v) is 12.2. The summed E-state index contributed by atoms with van der Waals surface area (Å²) in [5.41, 5.74) is 1.77. The number of benzene rings is 1. The molecule has 1 aromatic carbocycles. The average Bonchev–Trinajstić information content (AvgIpc) is 3.05. The maximum Gasteiger partial charge on any atom is 0.358 e. The van der Waals surface area contributed by atoms with Crippen molar-refractivity contribution in [3.05, 3.63) is 35.5 Å². The van der Waals surface area contributed by atoms with Crippen LogP contribution < -0.4 is 4.74 Å². The molecule has 1 fully saturated rings. The van der Waals surface area contributed by atoms with E-state index in [4.69, 9.17) is 19.1 Å². The van der Waals surface area contributed by atoms with E-state index in [-0.39, 0.29) is 5.69 Å². The molecule has 2 heterocycles. The van der Waals surface area contributed by atoms with Gasteiger partial charge in [-0.1, -0.05) is 11.2 Å². The molecule has 2 aromatic rings. The number of hydrogen-bond donors (Lipinski definition) is 1. The summed E-state index contributed by atoms with van der Waals surface area (Å²) in [6, 6.07) is 7.31. The number of aromatic carboxylic acids is 1. The van der Waals surface area contributed by atoms with Gasteiger partial charge in [-0.05, 0) is 36.5 Å². The molecule has 0 atom stereocenters. The molecule has 0 amide bonds. The molecule has 1 N–H and O–H groups in total. The highest BCUT2D eigenvalue weighted by atomic mass is 16.5. The highest BCUT2D eigenvalue weighted by Gasteiger charge is 2.20. The molecular formula is C16H17NO5. The maximum atomic E-state index is 10.9. The van der Waals surface area contributed by atoms with Crippen molar-refractivity contribution in [2.45, 2.75) is 18.8 Å². The lowest BCUT2D eigenvalue weighted by Crippen LogP contribution is -2.14. The van der Waals surface area contributed by atoms with Crippen molar-refractivity contribution in [3.63, 3.8) is 0 Å². The maximum absolute atomic E-state index is 10.9. The quantitative estimate of drug-likeness (QED) is 0.935. The number of ether oxygens (including phenoxy) is 2. The highest BCUT2D eigenvalue weighted by Crippen LogP contribution is 2.36. The zero-order chi connectivity index (χ0) is 15.5. The van der Waals surface area contributed by atoms with E-state index in [1.807, 2.05) is 18.2 Å². The van der Waals surface area contributed by atoms with E-state index in [0.717, 1.165) is 26.1 Å². The summed E-state index contributed by atoms with van der Waals surface area (Å²) in [6.45, 7) is 1.52. The Balaban J connectivity index is 1.98. The molecule has 6 nitrogen and oxygen atoms in total. The van der Waals surface area contributed by atoms with E-state index < -0.39 is 5.97 Å². The normalized spacial score (nSPS) is 15.7. The van der Waals surface area contributed by atoms with Crippen LogP contribution >= 0.6 is 0 Å². The Bertz CT molecular complexity index is 673. The van der Waals surface area contributed by atoms with Gasteiger partial charge in [0.15, 0.2) is 11.5 Å². The molecule has 0 saturated carbocycles. The Hall–Kier alpha value is -2.34. The molecule has 3 rings (SSSR count). The van der Waals surface area contributed by atoms with Gasteiger partial charge in [0.2, 0.25) is 0 Å². The predicted octanol–water partition coefficient (Wildman–Crippen LogP) is 2.94. The first-order chi connectivity index (χ1) is 10.7. The van der Waals surface area contributed by atoms with E-state index in [1.165, 1.54) is 11.6 Å². The first-order valence-corrected chi connectivity index (χ1v) is 7.15. The van der Waals surface area contributed by atoms with E-state index >= 15 is 0 Å². The molecule has 0 bridgehead atoms. The summed E-state index contributed by atoms with van der Waals surface area (Å²) in [5.74, 6) is 0.335. The van der Waals surface area contributed by atoms with Crippen LogP contribution in [0.25, 0.3) is 11.3 Å². The van der Waals surface area contributed by atoms with Gasteiger partial charge < -0.3 is 19.1 Å². The molecule has 0 unspecified atom stereocenters. The topological polar surface area (TPSA) is 81.8 Å². The highest BCUT2D eigenvalue weighted by molar-refractivity contribution is 5.86. The van der Waals surface area contributed by atoms with Crippen LogP contribution in [-0.4, -0.2) is 36.6 Å². The molecule has 0 spiro atoms. The molecule has 6 heteroatoms. The number of methoxy groups -OCH3 is 1. The van der Waals surface area contributed by atoms with Gasteiger partial charge in [-0.2, -0.15) is 0 Å². The summed E-state index contributed by atoms with van der Waals surface area (Å²) in [4.78, 5) is 10.9. The van der Waals surface area contributed by atoms with Crippen LogP contribution in [0.5, 0.6) is 5.75 Å². The van der Waals surface area contributed by atoms with Gasteiger partial charge >= 0.3 is 5.97 Å². The lowest BCUT2D eigenvalue weighted by molar-refractivity contribution is 0.0686. The second-order valence-electron chi connectivity index (χ2n) is 5.23. The lowest BCUT2D eigenvalue weighted by atomic mass is 9.90. The van der Waals surface area contributed by atoms with Gasteiger partial charge in [0.25, 0.3) is 0 Å². The minimum Gasteiger partial charge on any atom is -0.496 e. The summed E-state index contributed by atoms with van der Waals surface area (Å²) < 4.78 is 15.9. The molecule has 1 saturated heterocycles. The fraction of sp³-hybridized carbons (Fsp3) is 0.375. The minimum absolute atomic E-state index is 0.117. The first-order valence-electron chi connectivity index (χ1n) is 7.15. The number of nitrogens with zero attached hydrogens (tertiary/aromatic N) is 1. The van der Waals surface area contributed by atoms with Gasteiger partial charge in [0.05, 0.1) is 12.7 Å². The number of aromatic nitrogens is 1. The number of rotatable bonds is 4. The Morgan fingerprint density at radius 3 is 2.73 bits per heavy atom. The molecule has 116 valence electrons. The van der Waals surface area contributed by atoms with Crippen molar-refractivity contribution in [1.29, 1.82) is 0 Å². The molecule has 1 aliphatic rings. The monoisotopic (exact) mass is 303 g/mol. The van der Waals surface area contributed by atoms with Crippen LogP contribution in [0, 0.1) is 0 Å². The van der Waals surface area contributed by atoms with Crippen molar-refractivity contribution in [2.24, 2.45) is 0 Å². The minimum atomic E-state index is -1.12. The number of carboxylic acids is 1. The van der Waals surface area contributed by atoms with Gasteiger partial charge in [-0.25, -0.2) is 4.79 Å². The zero-order valence-electron chi connectivity index (χ0n) is 12.2. The van der Waals surface area contributed by atoms with E-state index in [0.29, 0.717) is 23.0 Å². The second kappa shape index (κ2) is 6.19. The third-order valence-corrected chi connectivity index (χ3v) is 3.91. The van der Waals surface area contributed by atoms with E-state index in [2.05, 4.69) is 5.16 Å². The number of carbonyl (C=O) groups is 1. The third-order valence-electron chi connectivity index (χ3n) is 3.91. The van der Waals surface area contributed by atoms with Gasteiger partial charge in [-0.15, -0.1) is 0 Å². The van der Waals surface area contributed by atoms with Gasteiger partial charge in [0, 0.05) is 19.3 Å². The number of carboxylic acid groups (broad SMARTS) is 1. The Morgan fingerprint density at radius 2 is 2.09 bits per heavy atom. The molecule has 0 aliphatic carbocycles. The van der Waals surface area contributed by atoms with Crippen LogP contribution in [0.4, 0.5) is 0 Å². The van der Waals surface area contributed by atoms with Crippen molar-refractivity contribution in [2.75, 3.05) is 20.3 Å². The fourth-order valence-electron chi connectivity index (χ4n) is 2.71. The summed E-state index contributed by atoms with van der Waals surface area (Å²) in [6.07, 6.45) is 1.95. The molecule has 22 heavy (non-hydrogen) atoms. The van der Waals surface area contributed by atoms with Crippen LogP contribution in [0.2, 0.25) is 0 Å². The van der Waals surface area contributed by atoms with Crippen molar-refractivity contribution >= 4 is 5.97 Å². The van der Waals surface area contributed by atoms with E-state index in [1.54, 1.807) is 7.11 Å². The standard InChI is InChI=1S/C16H17NO5/c1-20-14-3-2-11(10-4-6-21-7-5-10)8-12(14)15-9-13(16(18)19)17-22-15/h2-3,8-10H,4-7H2,1H3,(H,18,19). The fourth-order valence-corrected chi connectivity index (χ4v) is 2.71. The summed E-state index contributed by atoms with van der Waals surface area (Å²) >= 11 is 0. The Kier molecular flexibility index (Phi) is 4.11. The average molecular weight is 303 g/mol. The van der Waals surface area contributed by atoms with Gasteiger partial charge in [-0.3, -0.25) is 0 Å². The van der Waals surface area contributed by atoms with Crippen molar-refractivity contribution in [3.8, 4) is 17.1 Å². The van der Waals surface area contributed by atoms with Crippen LogP contribution in [0.3, 0.4) is 0 Å². The van der Waals surface area contributed by atoms with Crippen molar-refractivity contribution < 1.29 is 23.9 Å². The number of hydrogen-bond acceptors (Lipinski definition) is 5. The van der Waals surface area contributed by atoms with Crippen LogP contribution in [-0.2, 0) is 4.74 Å². The molecule has 1 aromatic heterocycles. The molecular weight excluding hydrogens is 286 g/mol. The SMILES string of the molecule is COc1ccc(C2CCOCC2)cc1-c1cc(C(=O)O)no1. The summed E-state index contributed by atoms with van der Waals surface area (Å²) in [7, 11) is 1.57. The smallest absolute Gasteiger partial charge is 0.358 e.